The van der Waals surface area contributed by atoms with Crippen molar-refractivity contribution in [2.45, 2.75) is 24.2 Å². The third-order valence-corrected chi connectivity index (χ3v) is 12.5. The van der Waals surface area contributed by atoms with Crippen LogP contribution in [0.5, 0.6) is 17.2 Å². The van der Waals surface area contributed by atoms with Crippen molar-refractivity contribution in [3.05, 3.63) is 122 Å². The molecule has 1 saturated carbocycles. The summed E-state index contributed by atoms with van der Waals surface area (Å²) in [6.07, 6.45) is 1.92. The Morgan fingerprint density at radius 1 is 0.911 bits per heavy atom. The number of nitrogens with zero attached hydrogens (tertiary/aromatic N) is 2. The first-order valence-corrected chi connectivity index (χ1v) is 19.1. The summed E-state index contributed by atoms with van der Waals surface area (Å²) in [5.74, 6) is -8.00. The number of anilines is 2. The Morgan fingerprint density at radius 2 is 1.66 bits per heavy atom. The normalized spacial score (nSPS) is 25.4. The molecule has 2 heterocycles. The number of hydrazine groups is 1. The van der Waals surface area contributed by atoms with Crippen LogP contribution in [0.1, 0.15) is 40.2 Å². The number of rotatable bonds is 8. The van der Waals surface area contributed by atoms with E-state index in [1.54, 1.807) is 48.5 Å². The number of imide groups is 2. The van der Waals surface area contributed by atoms with Crippen LogP contribution in [0.25, 0.3) is 0 Å². The third kappa shape index (κ3) is 5.58. The van der Waals surface area contributed by atoms with Gasteiger partial charge in [-0.15, -0.1) is 0 Å². The zero-order chi connectivity index (χ0) is 39.8. The number of carboxylic acid groups (broad SMARTS) is 1. The Labute approximate surface area is 338 Å². The van der Waals surface area contributed by atoms with Gasteiger partial charge in [0, 0.05) is 21.0 Å². The standard InChI is InChI=1S/C41H32BrCl2N3O9/c1-55-24-9-6-20(7-10-24)41-29(37(50)47(40(41)54)45-31-13-8-22(43)17-30(31)44)18-27-25(34(41)28-15-21(42)16-32(56-2)35(28)48)11-12-26-33(27)38(51)46(36(26)49)23-5-3-4-19(14-23)39(52)53/h3-11,13-17,26-27,29,33-34,45,48H,12,18H2,1-2H3,(H,52,53)/t26-,27+,29-,33-,34+,41+/m0/s1. The molecule has 3 N–H and O–H groups in total. The molecule has 56 heavy (non-hydrogen) atoms. The number of benzene rings is 4. The Balaban J connectivity index is 1.35. The summed E-state index contributed by atoms with van der Waals surface area (Å²) in [6, 6.07) is 20.2. The van der Waals surface area contributed by atoms with E-state index in [4.69, 9.17) is 32.7 Å². The van der Waals surface area contributed by atoms with Gasteiger partial charge in [-0.05, 0) is 85.0 Å². The highest BCUT2D eigenvalue weighted by molar-refractivity contribution is 9.10. The average Bonchev–Trinajstić information content (AvgIpc) is 3.57. The Hall–Kier alpha value is -5.37. The molecule has 4 aromatic carbocycles. The van der Waals surface area contributed by atoms with Crippen LogP contribution in [0.4, 0.5) is 11.4 Å². The number of phenolic OH excluding ortho intramolecular Hbond substituents is 1. The van der Waals surface area contributed by atoms with Crippen LogP contribution in [0.2, 0.25) is 10.0 Å². The predicted molar refractivity (Wildman–Crippen MR) is 209 cm³/mol. The average molecular weight is 862 g/mol. The Morgan fingerprint density at radius 3 is 2.34 bits per heavy atom. The molecule has 6 atom stereocenters. The van der Waals surface area contributed by atoms with Crippen LogP contribution < -0.4 is 19.8 Å². The van der Waals surface area contributed by atoms with Crippen LogP contribution in [0.15, 0.2) is 95.0 Å². The van der Waals surface area contributed by atoms with Crippen LogP contribution in [0.3, 0.4) is 0 Å². The molecule has 2 aliphatic heterocycles. The summed E-state index contributed by atoms with van der Waals surface area (Å²) >= 11 is 16.3. The zero-order valence-electron chi connectivity index (χ0n) is 29.7. The first kappa shape index (κ1) is 37.5. The molecule has 12 nitrogen and oxygen atoms in total. The van der Waals surface area contributed by atoms with Crippen molar-refractivity contribution in [3.8, 4) is 17.2 Å². The summed E-state index contributed by atoms with van der Waals surface area (Å²) in [5.41, 5.74) is 2.75. The molecule has 0 spiro atoms. The molecule has 286 valence electrons. The van der Waals surface area contributed by atoms with Gasteiger partial charge < -0.3 is 19.7 Å². The maximum atomic E-state index is 15.5. The van der Waals surface area contributed by atoms with Crippen LogP contribution >= 0.6 is 39.1 Å². The number of fused-ring (bicyclic) bond motifs is 4. The molecular formula is C41H32BrCl2N3O9. The quantitative estimate of drug-likeness (QED) is 0.121. The molecule has 8 rings (SSSR count). The van der Waals surface area contributed by atoms with Gasteiger partial charge in [0.15, 0.2) is 11.5 Å². The number of carbonyl (C=O) groups is 5. The molecular weight excluding hydrogens is 829 g/mol. The molecule has 2 saturated heterocycles. The van der Waals surface area contributed by atoms with E-state index >= 15 is 9.59 Å². The largest absolute Gasteiger partial charge is 0.504 e. The van der Waals surface area contributed by atoms with Crippen molar-refractivity contribution in [3.63, 3.8) is 0 Å². The summed E-state index contributed by atoms with van der Waals surface area (Å²) < 4.78 is 11.5. The van der Waals surface area contributed by atoms with Gasteiger partial charge in [0.25, 0.3) is 11.8 Å². The van der Waals surface area contributed by atoms with Crippen LogP contribution in [-0.2, 0) is 24.6 Å². The van der Waals surface area contributed by atoms with Crippen molar-refractivity contribution < 1.29 is 43.7 Å². The van der Waals surface area contributed by atoms with E-state index in [1.165, 1.54) is 44.6 Å². The van der Waals surface area contributed by atoms with E-state index in [9.17, 15) is 24.6 Å². The van der Waals surface area contributed by atoms with Gasteiger partial charge in [0.2, 0.25) is 11.8 Å². The van der Waals surface area contributed by atoms with Crippen molar-refractivity contribution >= 4 is 80.1 Å². The van der Waals surface area contributed by atoms with E-state index in [0.717, 1.165) is 9.91 Å². The second-order valence-corrected chi connectivity index (χ2v) is 15.9. The number of hydrogen-bond acceptors (Lipinski definition) is 9. The van der Waals surface area contributed by atoms with Crippen molar-refractivity contribution in [2.24, 2.45) is 23.7 Å². The third-order valence-electron chi connectivity index (χ3n) is 11.5. The van der Waals surface area contributed by atoms with Crippen molar-refractivity contribution in [1.29, 1.82) is 0 Å². The highest BCUT2D eigenvalue weighted by atomic mass is 79.9. The molecule has 15 heteroatoms. The number of methoxy groups -OCH3 is 2. The van der Waals surface area contributed by atoms with Gasteiger partial charge >= 0.3 is 5.97 Å². The number of halogens is 3. The number of carbonyl (C=O) groups excluding carboxylic acids is 4. The fraction of sp³-hybridized carbons (Fsp3) is 0.244. The maximum absolute atomic E-state index is 15.5. The lowest BCUT2D eigenvalue weighted by Crippen LogP contribution is -2.53. The molecule has 0 unspecified atom stereocenters. The maximum Gasteiger partial charge on any atom is 0.335 e. The monoisotopic (exact) mass is 859 g/mol. The van der Waals surface area contributed by atoms with E-state index in [0.29, 0.717) is 26.4 Å². The number of nitrogens with one attached hydrogen (secondary N) is 1. The lowest BCUT2D eigenvalue weighted by atomic mass is 9.49. The second-order valence-electron chi connectivity index (χ2n) is 14.1. The first-order chi connectivity index (χ1) is 26.8. The number of ether oxygens (including phenoxy) is 2. The van der Waals surface area contributed by atoms with Gasteiger partial charge in [-0.3, -0.25) is 29.5 Å². The van der Waals surface area contributed by atoms with Gasteiger partial charge in [0.05, 0.1) is 59.3 Å². The van der Waals surface area contributed by atoms with Crippen LogP contribution in [0, 0.1) is 23.7 Å². The van der Waals surface area contributed by atoms with Gasteiger partial charge in [-0.25, -0.2) is 4.79 Å². The smallest absolute Gasteiger partial charge is 0.335 e. The predicted octanol–water partition coefficient (Wildman–Crippen LogP) is 7.37. The molecule has 3 fully saturated rings. The molecule has 0 aromatic heterocycles. The molecule has 2 aliphatic carbocycles. The highest BCUT2D eigenvalue weighted by Gasteiger charge is 2.71. The van der Waals surface area contributed by atoms with Gasteiger partial charge in [0.1, 0.15) is 5.75 Å². The van der Waals surface area contributed by atoms with Crippen LogP contribution in [-0.4, -0.2) is 59.0 Å². The molecule has 4 amide bonds. The van der Waals surface area contributed by atoms with E-state index in [2.05, 4.69) is 21.4 Å². The lowest BCUT2D eigenvalue weighted by Gasteiger charge is -2.50. The van der Waals surface area contributed by atoms with E-state index in [1.807, 2.05) is 6.08 Å². The Kier molecular flexibility index (Phi) is 9.37. The zero-order valence-corrected chi connectivity index (χ0v) is 32.8. The minimum atomic E-state index is -1.73. The number of aromatic carboxylic acids is 1. The molecule has 4 aromatic rings. The summed E-state index contributed by atoms with van der Waals surface area (Å²) in [5, 5.41) is 23.0. The minimum absolute atomic E-state index is 0.0272. The number of carboxylic acids is 1. The van der Waals surface area contributed by atoms with E-state index < -0.39 is 64.6 Å². The van der Waals surface area contributed by atoms with E-state index in [-0.39, 0.29) is 51.9 Å². The number of amides is 4. The summed E-state index contributed by atoms with van der Waals surface area (Å²) in [6.45, 7) is 0. The Bertz CT molecular complexity index is 2410. The van der Waals surface area contributed by atoms with Gasteiger partial charge in [-0.2, -0.15) is 5.01 Å². The van der Waals surface area contributed by atoms with Gasteiger partial charge in [-0.1, -0.05) is 69.0 Å². The molecule has 0 radical (unpaired) electrons. The summed E-state index contributed by atoms with van der Waals surface area (Å²) in [4.78, 5) is 72.1. The topological polar surface area (TPSA) is 163 Å². The molecule has 0 bridgehead atoms. The SMILES string of the molecule is COc1ccc([C@@]23C(=O)N(Nc4ccc(Cl)cc4Cl)C(=O)[C@@H]2C[C@@H]2C(=CC[C@@H]4C(=O)N(c5cccc(C(=O)O)c5)C(=O)[C@@H]42)[C@@H]3c2cc(Br)cc(OC)c2O)cc1. The fourth-order valence-corrected chi connectivity index (χ4v) is 10.1. The number of aromatic hydroxyl groups is 1. The second kappa shape index (κ2) is 14.0. The number of allylic oxidation sites excluding steroid dienone is 2. The number of phenols is 1. The number of hydrogen-bond donors (Lipinski definition) is 3. The summed E-state index contributed by atoms with van der Waals surface area (Å²) in [7, 11) is 2.90. The lowest BCUT2D eigenvalue weighted by molar-refractivity contribution is -0.138. The highest BCUT2D eigenvalue weighted by Crippen LogP contribution is 2.65. The first-order valence-electron chi connectivity index (χ1n) is 17.5. The fourth-order valence-electron chi connectivity index (χ4n) is 9.19. The minimum Gasteiger partial charge on any atom is -0.504 e. The van der Waals surface area contributed by atoms with Crippen molar-refractivity contribution in [1.82, 2.24) is 5.01 Å². The molecule has 4 aliphatic rings. The van der Waals surface area contributed by atoms with Crippen molar-refractivity contribution in [2.75, 3.05) is 24.5 Å².